The van der Waals surface area contributed by atoms with Gasteiger partial charge in [0.25, 0.3) is 0 Å². The summed E-state index contributed by atoms with van der Waals surface area (Å²) in [7, 11) is -1.53. The van der Waals surface area contributed by atoms with E-state index in [1.165, 1.54) is 7.11 Å². The van der Waals surface area contributed by atoms with Crippen molar-refractivity contribution in [1.82, 2.24) is 4.90 Å². The van der Waals surface area contributed by atoms with Gasteiger partial charge in [0.2, 0.25) is 0 Å². The van der Waals surface area contributed by atoms with Gasteiger partial charge >= 0.3 is 5.97 Å². The average molecular weight is 207 g/mol. The predicted octanol–water partition coefficient (Wildman–Crippen LogP) is -1.11. The van der Waals surface area contributed by atoms with Crippen LogP contribution in [0.15, 0.2) is 0 Å². The van der Waals surface area contributed by atoms with Crippen molar-refractivity contribution in [1.29, 1.82) is 0 Å². The third kappa shape index (κ3) is 3.31. The largest absolute Gasteiger partial charge is 0.468 e. The maximum absolute atomic E-state index is 11.0. The fourth-order valence-corrected chi connectivity index (χ4v) is 2.43. The van der Waals surface area contributed by atoms with E-state index in [-0.39, 0.29) is 24.0 Å². The topological polar surface area (TPSA) is 63.7 Å². The molecule has 0 spiro atoms. The number of hydrogen-bond donors (Lipinski definition) is 0. The van der Waals surface area contributed by atoms with Crippen molar-refractivity contribution >= 4 is 15.8 Å². The van der Waals surface area contributed by atoms with Crippen LogP contribution in [0, 0.1) is 0 Å². The highest BCUT2D eigenvalue weighted by Gasteiger charge is 2.22. The minimum Gasteiger partial charge on any atom is -0.468 e. The van der Waals surface area contributed by atoms with Gasteiger partial charge in [-0.25, -0.2) is 8.42 Å². The number of carbonyl (C=O) groups excluding carboxylic acids is 1. The fourth-order valence-electron chi connectivity index (χ4n) is 1.16. The molecule has 0 aromatic heterocycles. The number of ether oxygens (including phenoxy) is 1. The molecule has 0 saturated carbocycles. The van der Waals surface area contributed by atoms with Gasteiger partial charge in [-0.15, -0.1) is 0 Å². The zero-order chi connectivity index (χ0) is 9.90. The molecule has 1 aliphatic heterocycles. The molecule has 0 unspecified atom stereocenters. The molecule has 0 bridgehead atoms. The summed E-state index contributed by atoms with van der Waals surface area (Å²) in [5, 5.41) is 0. The Morgan fingerprint density at radius 1 is 1.38 bits per heavy atom. The van der Waals surface area contributed by atoms with Crippen molar-refractivity contribution in [2.75, 3.05) is 38.2 Å². The van der Waals surface area contributed by atoms with Crippen LogP contribution in [0.2, 0.25) is 0 Å². The van der Waals surface area contributed by atoms with Crippen LogP contribution in [-0.2, 0) is 19.4 Å². The molecule has 13 heavy (non-hydrogen) atoms. The second-order valence-corrected chi connectivity index (χ2v) is 5.31. The summed E-state index contributed by atoms with van der Waals surface area (Å²) in [5.41, 5.74) is 0. The number of methoxy groups -OCH3 is 1. The van der Waals surface area contributed by atoms with Crippen molar-refractivity contribution < 1.29 is 17.9 Å². The van der Waals surface area contributed by atoms with Crippen LogP contribution >= 0.6 is 0 Å². The zero-order valence-electron chi connectivity index (χ0n) is 7.52. The van der Waals surface area contributed by atoms with Gasteiger partial charge in [0, 0.05) is 13.1 Å². The van der Waals surface area contributed by atoms with Gasteiger partial charge in [0.05, 0.1) is 25.2 Å². The lowest BCUT2D eigenvalue weighted by Crippen LogP contribution is -2.42. The third-order valence-electron chi connectivity index (χ3n) is 2.02. The lowest BCUT2D eigenvalue weighted by molar-refractivity contribution is -0.141. The van der Waals surface area contributed by atoms with Crippen molar-refractivity contribution in [3.63, 3.8) is 0 Å². The molecule has 0 aliphatic carbocycles. The number of nitrogens with zero attached hydrogens (tertiary/aromatic N) is 1. The van der Waals surface area contributed by atoms with E-state index < -0.39 is 9.84 Å². The summed E-state index contributed by atoms with van der Waals surface area (Å²) in [6, 6.07) is 0. The van der Waals surface area contributed by atoms with E-state index in [1.54, 1.807) is 4.90 Å². The van der Waals surface area contributed by atoms with Crippen molar-refractivity contribution in [2.45, 2.75) is 0 Å². The molecule has 0 N–H and O–H groups in total. The lowest BCUT2D eigenvalue weighted by atomic mass is 10.4. The van der Waals surface area contributed by atoms with Crippen LogP contribution in [0.4, 0.5) is 0 Å². The van der Waals surface area contributed by atoms with Crippen LogP contribution in [-0.4, -0.2) is 57.5 Å². The molecule has 0 aromatic rings. The van der Waals surface area contributed by atoms with Gasteiger partial charge < -0.3 is 4.74 Å². The van der Waals surface area contributed by atoms with Gasteiger partial charge in [-0.3, -0.25) is 9.69 Å². The molecule has 76 valence electrons. The first kappa shape index (κ1) is 10.5. The quantitative estimate of drug-likeness (QED) is 0.537. The summed E-state index contributed by atoms with van der Waals surface area (Å²) in [6.07, 6.45) is 0. The molecule has 1 saturated heterocycles. The normalized spacial score (nSPS) is 22.5. The van der Waals surface area contributed by atoms with Gasteiger partial charge in [-0.2, -0.15) is 0 Å². The second kappa shape index (κ2) is 4.06. The maximum atomic E-state index is 11.0. The summed E-state index contributed by atoms with van der Waals surface area (Å²) in [5.74, 6) is -0.0344. The number of rotatable bonds is 2. The highest BCUT2D eigenvalue weighted by molar-refractivity contribution is 7.91. The zero-order valence-corrected chi connectivity index (χ0v) is 8.34. The Morgan fingerprint density at radius 2 is 1.92 bits per heavy atom. The molecule has 0 atom stereocenters. The Labute approximate surface area is 77.6 Å². The van der Waals surface area contributed by atoms with Crippen molar-refractivity contribution in [2.24, 2.45) is 0 Å². The van der Waals surface area contributed by atoms with E-state index in [2.05, 4.69) is 4.74 Å². The fraction of sp³-hybridized carbons (Fsp3) is 0.857. The lowest BCUT2D eigenvalue weighted by Gasteiger charge is -2.24. The summed E-state index contributed by atoms with van der Waals surface area (Å²) < 4.78 is 26.5. The van der Waals surface area contributed by atoms with E-state index in [0.29, 0.717) is 13.1 Å². The van der Waals surface area contributed by atoms with E-state index >= 15 is 0 Å². The van der Waals surface area contributed by atoms with Crippen LogP contribution in [0.5, 0.6) is 0 Å². The van der Waals surface area contributed by atoms with Crippen molar-refractivity contribution in [3.8, 4) is 0 Å². The van der Waals surface area contributed by atoms with Gasteiger partial charge in [-0.1, -0.05) is 0 Å². The minimum atomic E-state index is -2.85. The standard InChI is InChI=1S/C7H13NO4S/c1-12-7(9)6-8-2-4-13(10,11)5-3-8/h2-6H2,1H3. The van der Waals surface area contributed by atoms with E-state index in [1.807, 2.05) is 0 Å². The Hall–Kier alpha value is -0.620. The molecule has 0 amide bonds. The molecular weight excluding hydrogens is 194 g/mol. The summed E-state index contributed by atoms with van der Waals surface area (Å²) in [4.78, 5) is 12.6. The molecule has 1 heterocycles. The first-order valence-corrected chi connectivity index (χ1v) is 5.85. The molecule has 1 aliphatic rings. The first-order valence-electron chi connectivity index (χ1n) is 4.03. The number of hydrogen-bond acceptors (Lipinski definition) is 5. The predicted molar refractivity (Wildman–Crippen MR) is 47.1 cm³/mol. The van der Waals surface area contributed by atoms with Gasteiger partial charge in [0.1, 0.15) is 0 Å². The number of carbonyl (C=O) groups is 1. The minimum absolute atomic E-state index is 0.143. The smallest absolute Gasteiger partial charge is 0.319 e. The summed E-state index contributed by atoms with van der Waals surface area (Å²) >= 11 is 0. The molecule has 0 aromatic carbocycles. The third-order valence-corrected chi connectivity index (χ3v) is 3.63. The Balaban J connectivity index is 2.38. The van der Waals surface area contributed by atoms with Crippen LogP contribution in [0.3, 0.4) is 0 Å². The van der Waals surface area contributed by atoms with E-state index in [9.17, 15) is 13.2 Å². The monoisotopic (exact) mass is 207 g/mol. The summed E-state index contributed by atoms with van der Waals surface area (Å²) in [6.45, 7) is 1.04. The number of esters is 1. The van der Waals surface area contributed by atoms with Gasteiger partial charge in [-0.05, 0) is 0 Å². The molecule has 5 nitrogen and oxygen atoms in total. The Bertz CT molecular complexity index is 271. The maximum Gasteiger partial charge on any atom is 0.319 e. The number of sulfone groups is 1. The SMILES string of the molecule is COC(=O)CN1CCS(=O)(=O)CC1. The second-order valence-electron chi connectivity index (χ2n) is 3.00. The molecular formula is C7H13NO4S. The van der Waals surface area contributed by atoms with Crippen LogP contribution < -0.4 is 0 Å². The Morgan fingerprint density at radius 3 is 2.38 bits per heavy atom. The molecule has 6 heteroatoms. The molecule has 1 rings (SSSR count). The first-order chi connectivity index (χ1) is 6.03. The van der Waals surface area contributed by atoms with Crippen LogP contribution in [0.1, 0.15) is 0 Å². The van der Waals surface area contributed by atoms with E-state index in [4.69, 9.17) is 0 Å². The molecule has 1 fully saturated rings. The van der Waals surface area contributed by atoms with Crippen LogP contribution in [0.25, 0.3) is 0 Å². The highest BCUT2D eigenvalue weighted by atomic mass is 32.2. The van der Waals surface area contributed by atoms with E-state index in [0.717, 1.165) is 0 Å². The Kier molecular flexibility index (Phi) is 3.27. The molecule has 0 radical (unpaired) electrons. The van der Waals surface area contributed by atoms with Crippen molar-refractivity contribution in [3.05, 3.63) is 0 Å². The van der Waals surface area contributed by atoms with Gasteiger partial charge in [0.15, 0.2) is 9.84 Å². The average Bonchev–Trinajstić information content (AvgIpc) is 2.08. The highest BCUT2D eigenvalue weighted by Crippen LogP contribution is 2.02.